The smallest absolute Gasteiger partial charge is 0.257 e. The molecule has 1 saturated heterocycles. The molecule has 1 heterocycles. The lowest BCUT2D eigenvalue weighted by Crippen LogP contribution is -2.32. The van der Waals surface area contributed by atoms with E-state index >= 15 is 0 Å². The van der Waals surface area contributed by atoms with Gasteiger partial charge >= 0.3 is 0 Å². The predicted octanol–water partition coefficient (Wildman–Crippen LogP) is 2.17. The van der Waals surface area contributed by atoms with Gasteiger partial charge in [-0.15, -0.1) is 0 Å². The summed E-state index contributed by atoms with van der Waals surface area (Å²) in [6, 6.07) is 7.09. The Labute approximate surface area is 149 Å². The number of likely N-dealkylation sites (N-methyl/N-ethyl adjacent to an activating group) is 1. The van der Waals surface area contributed by atoms with Crippen molar-refractivity contribution < 1.29 is 14.3 Å². The molecule has 1 aliphatic heterocycles. The monoisotopic (exact) mass is 347 g/mol. The third-order valence-electron chi connectivity index (χ3n) is 4.58. The summed E-state index contributed by atoms with van der Waals surface area (Å²) in [6.07, 6.45) is 2.83. The fourth-order valence-corrected chi connectivity index (χ4v) is 3.12. The molecular weight excluding hydrogens is 318 g/mol. The summed E-state index contributed by atoms with van der Waals surface area (Å²) in [5.41, 5.74) is 0.743. The molecule has 0 bridgehead atoms. The first kappa shape index (κ1) is 19.2. The van der Waals surface area contributed by atoms with Gasteiger partial charge in [-0.2, -0.15) is 0 Å². The Morgan fingerprint density at radius 2 is 1.88 bits per heavy atom. The third kappa shape index (κ3) is 6.74. The summed E-state index contributed by atoms with van der Waals surface area (Å²) in [6.45, 7) is 6.70. The van der Waals surface area contributed by atoms with Crippen LogP contribution in [0.1, 0.15) is 33.1 Å². The highest BCUT2D eigenvalue weighted by molar-refractivity contribution is 5.90. The van der Waals surface area contributed by atoms with Crippen molar-refractivity contribution >= 4 is 17.5 Å². The van der Waals surface area contributed by atoms with Gasteiger partial charge in [0, 0.05) is 18.7 Å². The average Bonchev–Trinajstić information content (AvgIpc) is 2.62. The summed E-state index contributed by atoms with van der Waals surface area (Å²) in [5, 5.41) is 8.96. The first-order valence-electron chi connectivity index (χ1n) is 9.08. The summed E-state index contributed by atoms with van der Waals surface area (Å²) in [7, 11) is 0. The minimum Gasteiger partial charge on any atom is -0.484 e. The van der Waals surface area contributed by atoms with Crippen molar-refractivity contribution in [3.63, 3.8) is 0 Å². The van der Waals surface area contributed by atoms with E-state index in [1.165, 1.54) is 0 Å². The van der Waals surface area contributed by atoms with E-state index in [1.807, 2.05) is 6.92 Å². The topological polar surface area (TPSA) is 79.5 Å². The van der Waals surface area contributed by atoms with Crippen LogP contribution in [0.2, 0.25) is 0 Å². The van der Waals surface area contributed by atoms with Crippen LogP contribution < -0.4 is 20.7 Å². The molecule has 1 aliphatic rings. The summed E-state index contributed by atoms with van der Waals surface area (Å²) < 4.78 is 5.39. The second kappa shape index (κ2) is 10.0. The fraction of sp³-hybridized carbons (Fsp3) is 0.579. The summed E-state index contributed by atoms with van der Waals surface area (Å²) >= 11 is 0. The molecule has 25 heavy (non-hydrogen) atoms. The van der Waals surface area contributed by atoms with Gasteiger partial charge in [0.25, 0.3) is 5.91 Å². The van der Waals surface area contributed by atoms with Gasteiger partial charge in [-0.3, -0.25) is 9.59 Å². The van der Waals surface area contributed by atoms with Gasteiger partial charge in [0.1, 0.15) is 5.75 Å². The van der Waals surface area contributed by atoms with E-state index in [2.05, 4.69) is 22.9 Å². The van der Waals surface area contributed by atoms with Crippen LogP contribution in [0.5, 0.6) is 5.75 Å². The zero-order valence-corrected chi connectivity index (χ0v) is 15.1. The van der Waals surface area contributed by atoms with Crippen molar-refractivity contribution in [3.05, 3.63) is 24.3 Å². The van der Waals surface area contributed by atoms with Crippen LogP contribution >= 0.6 is 0 Å². The molecule has 0 radical (unpaired) electrons. The van der Waals surface area contributed by atoms with Crippen molar-refractivity contribution in [2.45, 2.75) is 33.1 Å². The third-order valence-corrected chi connectivity index (χ3v) is 4.58. The molecule has 6 heteroatoms. The number of ether oxygens (including phenoxy) is 1. The number of nitrogens with one attached hydrogen (secondary N) is 3. The number of anilines is 1. The SMILES string of the molecule is CCNC(=O)COc1ccc(NC(=O)CC(C)C2CCNCC2)cc1. The molecule has 3 N–H and O–H groups in total. The van der Waals surface area contributed by atoms with Crippen LogP contribution in [0.15, 0.2) is 24.3 Å². The van der Waals surface area contributed by atoms with Gasteiger partial charge in [-0.25, -0.2) is 0 Å². The summed E-state index contributed by atoms with van der Waals surface area (Å²) in [5.74, 6) is 1.51. The maximum Gasteiger partial charge on any atom is 0.257 e. The molecule has 6 nitrogen and oxygen atoms in total. The number of rotatable bonds is 8. The normalized spacial score (nSPS) is 16.1. The summed E-state index contributed by atoms with van der Waals surface area (Å²) in [4.78, 5) is 23.6. The van der Waals surface area contributed by atoms with Gasteiger partial charge in [-0.05, 0) is 69.0 Å². The van der Waals surface area contributed by atoms with Crippen LogP contribution in [-0.4, -0.2) is 38.1 Å². The highest BCUT2D eigenvalue weighted by Crippen LogP contribution is 2.25. The molecule has 1 atom stereocenters. The molecule has 2 amide bonds. The Balaban J connectivity index is 1.75. The van der Waals surface area contributed by atoms with Crippen LogP contribution in [0.3, 0.4) is 0 Å². The fourth-order valence-electron chi connectivity index (χ4n) is 3.12. The molecule has 2 rings (SSSR count). The quantitative estimate of drug-likeness (QED) is 0.673. The molecule has 0 aromatic heterocycles. The molecule has 1 unspecified atom stereocenters. The molecule has 1 aromatic carbocycles. The predicted molar refractivity (Wildman–Crippen MR) is 98.6 cm³/mol. The Hall–Kier alpha value is -2.08. The van der Waals surface area contributed by atoms with E-state index in [0.717, 1.165) is 31.6 Å². The van der Waals surface area contributed by atoms with E-state index in [1.54, 1.807) is 24.3 Å². The lowest BCUT2D eigenvalue weighted by atomic mass is 9.84. The number of hydrogen-bond donors (Lipinski definition) is 3. The van der Waals surface area contributed by atoms with Crippen molar-refractivity contribution in [3.8, 4) is 5.75 Å². The molecule has 1 aromatic rings. The zero-order chi connectivity index (χ0) is 18.1. The Bertz CT molecular complexity index is 554. The molecule has 0 saturated carbocycles. The lowest BCUT2D eigenvalue weighted by molar-refractivity contribution is -0.123. The highest BCUT2D eigenvalue weighted by atomic mass is 16.5. The van der Waals surface area contributed by atoms with Gasteiger partial charge < -0.3 is 20.7 Å². The number of amides is 2. The van der Waals surface area contributed by atoms with Crippen LogP contribution in [0.4, 0.5) is 5.69 Å². The molecular formula is C19H29N3O3. The molecule has 0 spiro atoms. The number of benzene rings is 1. The van der Waals surface area contributed by atoms with Crippen molar-refractivity contribution in [1.29, 1.82) is 0 Å². The minimum atomic E-state index is -0.147. The number of carbonyl (C=O) groups is 2. The Morgan fingerprint density at radius 1 is 1.20 bits per heavy atom. The number of hydrogen-bond acceptors (Lipinski definition) is 4. The van der Waals surface area contributed by atoms with E-state index in [0.29, 0.717) is 30.6 Å². The molecule has 0 aliphatic carbocycles. The van der Waals surface area contributed by atoms with Crippen LogP contribution in [0, 0.1) is 11.8 Å². The Morgan fingerprint density at radius 3 is 2.52 bits per heavy atom. The second-order valence-corrected chi connectivity index (χ2v) is 6.58. The van der Waals surface area contributed by atoms with Gasteiger partial charge in [-0.1, -0.05) is 6.92 Å². The molecule has 138 valence electrons. The average molecular weight is 347 g/mol. The van der Waals surface area contributed by atoms with Crippen LogP contribution in [-0.2, 0) is 9.59 Å². The number of carbonyl (C=O) groups excluding carboxylic acids is 2. The van der Waals surface area contributed by atoms with Crippen molar-refractivity contribution in [2.24, 2.45) is 11.8 Å². The van der Waals surface area contributed by atoms with Crippen molar-refractivity contribution in [2.75, 3.05) is 31.6 Å². The second-order valence-electron chi connectivity index (χ2n) is 6.58. The standard InChI is InChI=1S/C19H29N3O3/c1-3-21-19(24)13-25-17-6-4-16(5-7-17)22-18(23)12-14(2)15-8-10-20-11-9-15/h4-7,14-15,20H,3,8-13H2,1-2H3,(H,21,24)(H,22,23). The number of piperidine rings is 1. The van der Waals surface area contributed by atoms with Crippen molar-refractivity contribution in [1.82, 2.24) is 10.6 Å². The Kier molecular flexibility index (Phi) is 7.73. The maximum atomic E-state index is 12.2. The van der Waals surface area contributed by atoms with Crippen LogP contribution in [0.25, 0.3) is 0 Å². The largest absolute Gasteiger partial charge is 0.484 e. The first-order valence-corrected chi connectivity index (χ1v) is 9.08. The molecule has 1 fully saturated rings. The highest BCUT2D eigenvalue weighted by Gasteiger charge is 2.22. The van der Waals surface area contributed by atoms with E-state index in [9.17, 15) is 9.59 Å². The van der Waals surface area contributed by atoms with Gasteiger partial charge in [0.15, 0.2) is 6.61 Å². The zero-order valence-electron chi connectivity index (χ0n) is 15.1. The van der Waals surface area contributed by atoms with Gasteiger partial charge in [0.2, 0.25) is 5.91 Å². The first-order chi connectivity index (χ1) is 12.1. The van der Waals surface area contributed by atoms with E-state index in [4.69, 9.17) is 4.74 Å². The van der Waals surface area contributed by atoms with E-state index < -0.39 is 0 Å². The minimum absolute atomic E-state index is 0.00664. The maximum absolute atomic E-state index is 12.2. The van der Waals surface area contributed by atoms with E-state index in [-0.39, 0.29) is 18.4 Å². The lowest BCUT2D eigenvalue weighted by Gasteiger charge is -2.27. The van der Waals surface area contributed by atoms with Gasteiger partial charge in [0.05, 0.1) is 0 Å².